The monoisotopic (exact) mass is 317 g/mol. The largest absolute Gasteiger partial charge is 0.372 e. The molecule has 0 bridgehead atoms. The summed E-state index contributed by atoms with van der Waals surface area (Å²) in [6, 6.07) is 9.30. The number of rotatable bonds is 2. The number of urea groups is 1. The number of nitrogens with one attached hydrogen (secondary N) is 1. The van der Waals surface area contributed by atoms with Crippen molar-refractivity contribution in [1.82, 2.24) is 10.2 Å². The zero-order valence-electron chi connectivity index (χ0n) is 13.6. The van der Waals surface area contributed by atoms with Gasteiger partial charge in [-0.1, -0.05) is 18.2 Å². The Bertz CT molecular complexity index is 568. The maximum absolute atomic E-state index is 12.4. The average Bonchev–Trinajstić information content (AvgIpc) is 2.87. The van der Waals surface area contributed by atoms with Gasteiger partial charge in [0.2, 0.25) is 5.91 Å². The van der Waals surface area contributed by atoms with Crippen molar-refractivity contribution in [1.29, 1.82) is 0 Å². The van der Waals surface area contributed by atoms with Crippen molar-refractivity contribution in [2.24, 2.45) is 0 Å². The third-order valence-corrected chi connectivity index (χ3v) is 4.23. The van der Waals surface area contributed by atoms with Crippen LogP contribution in [-0.2, 0) is 9.53 Å². The van der Waals surface area contributed by atoms with E-state index in [0.29, 0.717) is 26.1 Å². The lowest BCUT2D eigenvalue weighted by molar-refractivity contribution is -0.117. The molecule has 0 spiro atoms. The van der Waals surface area contributed by atoms with Gasteiger partial charge in [-0.05, 0) is 26.0 Å². The summed E-state index contributed by atoms with van der Waals surface area (Å²) in [6.07, 6.45) is 0.418. The van der Waals surface area contributed by atoms with Gasteiger partial charge in [0, 0.05) is 31.7 Å². The number of para-hydroxylation sites is 1. The fraction of sp³-hybridized carbons (Fsp3) is 0.529. The summed E-state index contributed by atoms with van der Waals surface area (Å²) in [6.45, 7) is 5.61. The molecule has 0 aromatic heterocycles. The molecule has 1 aromatic rings. The molecule has 0 aliphatic carbocycles. The summed E-state index contributed by atoms with van der Waals surface area (Å²) in [5.74, 6) is 0.0465. The molecule has 3 rings (SSSR count). The third-order valence-electron chi connectivity index (χ3n) is 4.23. The minimum absolute atomic E-state index is 0.0375. The van der Waals surface area contributed by atoms with Gasteiger partial charge in [0.25, 0.3) is 0 Å². The van der Waals surface area contributed by atoms with Crippen molar-refractivity contribution in [2.75, 3.05) is 24.5 Å². The van der Waals surface area contributed by atoms with E-state index in [9.17, 15) is 9.59 Å². The molecule has 2 saturated heterocycles. The fourth-order valence-corrected chi connectivity index (χ4v) is 3.27. The normalized spacial score (nSPS) is 28.1. The van der Waals surface area contributed by atoms with Crippen LogP contribution in [0.3, 0.4) is 0 Å². The molecule has 2 fully saturated rings. The maximum Gasteiger partial charge on any atom is 0.317 e. The number of hydrogen-bond acceptors (Lipinski definition) is 3. The second-order valence-electron chi connectivity index (χ2n) is 6.35. The first kappa shape index (κ1) is 15.8. The van der Waals surface area contributed by atoms with Crippen LogP contribution in [0.4, 0.5) is 10.5 Å². The number of amides is 3. The molecule has 3 unspecified atom stereocenters. The first-order valence-corrected chi connectivity index (χ1v) is 8.09. The second-order valence-corrected chi connectivity index (χ2v) is 6.35. The first-order chi connectivity index (χ1) is 11.0. The van der Waals surface area contributed by atoms with E-state index in [1.54, 1.807) is 9.80 Å². The van der Waals surface area contributed by atoms with Gasteiger partial charge in [0.1, 0.15) is 0 Å². The molecule has 3 atom stereocenters. The molecule has 1 N–H and O–H groups in total. The SMILES string of the molecule is CC1CN(C(=O)NC2CC(=O)N(c3ccccc3)C2)CC(C)O1. The lowest BCUT2D eigenvalue weighted by Gasteiger charge is -2.35. The molecule has 23 heavy (non-hydrogen) atoms. The van der Waals surface area contributed by atoms with E-state index in [1.807, 2.05) is 44.2 Å². The predicted octanol–water partition coefficient (Wildman–Crippen LogP) is 1.61. The van der Waals surface area contributed by atoms with E-state index in [2.05, 4.69) is 5.32 Å². The third kappa shape index (κ3) is 3.64. The number of carbonyl (C=O) groups excluding carboxylic acids is 2. The standard InChI is InChI=1S/C17H23N3O3/c1-12-9-19(10-13(2)23-12)17(22)18-14-8-16(21)20(11-14)15-6-4-3-5-7-15/h3-7,12-14H,8-11H2,1-2H3,(H,18,22). The molecular weight excluding hydrogens is 294 g/mol. The molecule has 2 aliphatic heterocycles. The van der Waals surface area contributed by atoms with Crippen LogP contribution in [0.25, 0.3) is 0 Å². The number of carbonyl (C=O) groups is 2. The number of hydrogen-bond donors (Lipinski definition) is 1. The molecule has 6 heteroatoms. The molecule has 6 nitrogen and oxygen atoms in total. The molecule has 3 amide bonds. The van der Waals surface area contributed by atoms with Crippen LogP contribution in [0, 0.1) is 0 Å². The topological polar surface area (TPSA) is 61.9 Å². The van der Waals surface area contributed by atoms with E-state index in [-0.39, 0.29) is 30.2 Å². The van der Waals surface area contributed by atoms with E-state index in [1.165, 1.54) is 0 Å². The maximum atomic E-state index is 12.4. The quantitative estimate of drug-likeness (QED) is 0.901. The van der Waals surface area contributed by atoms with E-state index in [0.717, 1.165) is 5.69 Å². The van der Waals surface area contributed by atoms with Crippen LogP contribution in [0.2, 0.25) is 0 Å². The Morgan fingerprint density at radius 1 is 1.13 bits per heavy atom. The fourth-order valence-electron chi connectivity index (χ4n) is 3.27. The summed E-state index contributed by atoms with van der Waals surface area (Å²) in [5.41, 5.74) is 0.878. The van der Waals surface area contributed by atoms with Gasteiger partial charge < -0.3 is 19.9 Å². The van der Waals surface area contributed by atoms with E-state index < -0.39 is 0 Å². The molecule has 1 aromatic carbocycles. The van der Waals surface area contributed by atoms with Crippen molar-refractivity contribution in [2.45, 2.75) is 38.5 Å². The Morgan fingerprint density at radius 2 is 1.78 bits per heavy atom. The van der Waals surface area contributed by atoms with Gasteiger partial charge in [0.05, 0.1) is 18.2 Å². The highest BCUT2D eigenvalue weighted by atomic mass is 16.5. The van der Waals surface area contributed by atoms with Crippen molar-refractivity contribution in [3.05, 3.63) is 30.3 Å². The Kier molecular flexibility index (Phi) is 4.52. The lowest BCUT2D eigenvalue weighted by Crippen LogP contribution is -2.53. The zero-order valence-corrected chi connectivity index (χ0v) is 13.6. The number of morpholine rings is 1. The van der Waals surface area contributed by atoms with Crippen molar-refractivity contribution < 1.29 is 14.3 Å². The summed E-state index contributed by atoms with van der Waals surface area (Å²) in [7, 11) is 0. The van der Waals surface area contributed by atoms with Gasteiger partial charge in [-0.15, -0.1) is 0 Å². The van der Waals surface area contributed by atoms with Gasteiger partial charge in [-0.25, -0.2) is 4.79 Å². The number of anilines is 1. The number of nitrogens with zero attached hydrogens (tertiary/aromatic N) is 2. The van der Waals surface area contributed by atoms with E-state index in [4.69, 9.17) is 4.74 Å². The Balaban J connectivity index is 1.59. The van der Waals surface area contributed by atoms with Crippen molar-refractivity contribution in [3.63, 3.8) is 0 Å². The molecule has 0 radical (unpaired) electrons. The summed E-state index contributed by atoms with van der Waals surface area (Å²) >= 11 is 0. The molecular formula is C17H23N3O3. The second kappa shape index (κ2) is 6.58. The van der Waals surface area contributed by atoms with Gasteiger partial charge >= 0.3 is 6.03 Å². The summed E-state index contributed by atoms with van der Waals surface area (Å²) < 4.78 is 5.64. The zero-order chi connectivity index (χ0) is 16.4. The minimum atomic E-state index is -0.149. The van der Waals surface area contributed by atoms with Crippen molar-refractivity contribution in [3.8, 4) is 0 Å². The highest BCUT2D eigenvalue weighted by Crippen LogP contribution is 2.21. The lowest BCUT2D eigenvalue weighted by atomic mass is 10.2. The van der Waals surface area contributed by atoms with Crippen LogP contribution in [0.1, 0.15) is 20.3 Å². The van der Waals surface area contributed by atoms with Gasteiger partial charge in [-0.2, -0.15) is 0 Å². The highest BCUT2D eigenvalue weighted by molar-refractivity contribution is 5.96. The minimum Gasteiger partial charge on any atom is -0.372 e. The first-order valence-electron chi connectivity index (χ1n) is 8.09. The predicted molar refractivity (Wildman–Crippen MR) is 87.3 cm³/mol. The van der Waals surface area contributed by atoms with Gasteiger partial charge in [-0.3, -0.25) is 4.79 Å². The number of benzene rings is 1. The molecule has 2 aliphatic rings. The average molecular weight is 317 g/mol. The smallest absolute Gasteiger partial charge is 0.317 e. The van der Waals surface area contributed by atoms with Crippen LogP contribution in [0.15, 0.2) is 30.3 Å². The Hall–Kier alpha value is -2.08. The van der Waals surface area contributed by atoms with Crippen molar-refractivity contribution >= 4 is 17.6 Å². The Labute approximate surface area is 136 Å². The molecule has 124 valence electrons. The molecule has 0 saturated carbocycles. The summed E-state index contributed by atoms with van der Waals surface area (Å²) in [5, 5.41) is 2.99. The Morgan fingerprint density at radius 3 is 2.43 bits per heavy atom. The number of ether oxygens (including phenoxy) is 1. The van der Waals surface area contributed by atoms with Crippen LogP contribution in [-0.4, -0.2) is 54.7 Å². The molecule has 2 heterocycles. The van der Waals surface area contributed by atoms with E-state index >= 15 is 0 Å². The summed E-state index contributed by atoms with van der Waals surface area (Å²) in [4.78, 5) is 28.1. The van der Waals surface area contributed by atoms with Crippen LogP contribution in [0.5, 0.6) is 0 Å². The highest BCUT2D eigenvalue weighted by Gasteiger charge is 2.33. The van der Waals surface area contributed by atoms with Crippen LogP contribution < -0.4 is 10.2 Å². The van der Waals surface area contributed by atoms with Crippen LogP contribution >= 0.6 is 0 Å². The van der Waals surface area contributed by atoms with Gasteiger partial charge in [0.15, 0.2) is 0 Å².